The SMILES string of the molecule is CCCCCCCCCCOc1cccc(-c2cc[c-]c(-c3nccc4ccccc34)c2)c1.[Ir]. The van der Waals surface area contributed by atoms with Gasteiger partial charge >= 0.3 is 0 Å². The molecule has 0 saturated carbocycles. The average molecular weight is 629 g/mol. The summed E-state index contributed by atoms with van der Waals surface area (Å²) >= 11 is 0. The van der Waals surface area contributed by atoms with E-state index in [9.17, 15) is 0 Å². The molecule has 1 heterocycles. The number of hydrogen-bond donors (Lipinski definition) is 0. The largest absolute Gasteiger partial charge is 0.494 e. The molecular formula is C31H34IrNO-. The predicted molar refractivity (Wildman–Crippen MR) is 140 cm³/mol. The molecule has 179 valence electrons. The summed E-state index contributed by atoms with van der Waals surface area (Å²) in [5.41, 5.74) is 4.28. The van der Waals surface area contributed by atoms with Crippen LogP contribution in [0.15, 0.2) is 79.0 Å². The molecular weight excluding hydrogens is 595 g/mol. The Bertz CT molecular complexity index is 1150. The Morgan fingerprint density at radius 3 is 2.38 bits per heavy atom. The molecule has 1 aromatic heterocycles. The summed E-state index contributed by atoms with van der Waals surface area (Å²) < 4.78 is 6.07. The first kappa shape index (κ1) is 26.1. The standard InChI is InChI=1S/C31H34NO.Ir/c1-2-3-4-5-6-7-8-11-22-33-29-18-13-16-27(24-29)26-15-12-17-28(23-26)31-30-19-10-9-14-25(30)20-21-32-31;/h9-10,12-16,18-21,23-24H,2-8,11,22H2,1H3;/q-1;. The van der Waals surface area contributed by atoms with Crippen LogP contribution in [0.5, 0.6) is 5.75 Å². The average Bonchev–Trinajstić information content (AvgIpc) is 2.87. The Balaban J connectivity index is 0.00000324. The minimum absolute atomic E-state index is 0. The number of hydrogen-bond acceptors (Lipinski definition) is 2. The molecule has 3 aromatic carbocycles. The molecule has 2 nitrogen and oxygen atoms in total. The van der Waals surface area contributed by atoms with Crippen molar-refractivity contribution < 1.29 is 24.8 Å². The predicted octanol–water partition coefficient (Wildman–Crippen LogP) is 8.89. The molecule has 0 aliphatic heterocycles. The molecule has 0 N–H and O–H groups in total. The van der Waals surface area contributed by atoms with Crippen LogP contribution in [-0.4, -0.2) is 11.6 Å². The van der Waals surface area contributed by atoms with Crippen LogP contribution >= 0.6 is 0 Å². The Kier molecular flexibility index (Phi) is 10.8. The van der Waals surface area contributed by atoms with Crippen molar-refractivity contribution in [1.29, 1.82) is 0 Å². The third-order valence-electron chi connectivity index (χ3n) is 6.16. The molecule has 0 unspecified atom stereocenters. The maximum atomic E-state index is 6.07. The van der Waals surface area contributed by atoms with Gasteiger partial charge in [-0.1, -0.05) is 88.3 Å². The van der Waals surface area contributed by atoms with E-state index in [1.165, 1.54) is 50.3 Å². The van der Waals surface area contributed by atoms with Crippen LogP contribution in [0.1, 0.15) is 58.3 Å². The molecule has 0 atom stereocenters. The van der Waals surface area contributed by atoms with E-state index in [2.05, 4.69) is 84.7 Å². The first-order chi connectivity index (χ1) is 16.3. The molecule has 0 aliphatic carbocycles. The Labute approximate surface area is 218 Å². The van der Waals surface area contributed by atoms with Crippen LogP contribution in [0.2, 0.25) is 0 Å². The summed E-state index contributed by atoms with van der Waals surface area (Å²) in [6, 6.07) is 28.5. The normalized spacial score (nSPS) is 10.7. The van der Waals surface area contributed by atoms with Gasteiger partial charge in [-0.15, -0.1) is 35.4 Å². The Morgan fingerprint density at radius 2 is 1.53 bits per heavy atom. The van der Waals surface area contributed by atoms with Crippen LogP contribution in [-0.2, 0) is 20.1 Å². The quantitative estimate of drug-likeness (QED) is 0.116. The second kappa shape index (κ2) is 14.0. The minimum Gasteiger partial charge on any atom is -0.494 e. The number of ether oxygens (including phenoxy) is 1. The molecule has 0 aliphatic rings. The zero-order chi connectivity index (χ0) is 22.7. The van der Waals surface area contributed by atoms with Crippen molar-refractivity contribution in [2.45, 2.75) is 58.3 Å². The smallest absolute Gasteiger partial charge is 0.119 e. The molecule has 0 fully saturated rings. The van der Waals surface area contributed by atoms with Crippen LogP contribution in [0.25, 0.3) is 33.2 Å². The summed E-state index contributed by atoms with van der Waals surface area (Å²) in [5.74, 6) is 0.938. The van der Waals surface area contributed by atoms with Crippen molar-refractivity contribution in [3.05, 3.63) is 85.1 Å². The van der Waals surface area contributed by atoms with E-state index in [4.69, 9.17) is 4.74 Å². The summed E-state index contributed by atoms with van der Waals surface area (Å²) in [6.45, 7) is 3.05. The monoisotopic (exact) mass is 629 g/mol. The fraction of sp³-hybridized carbons (Fsp3) is 0.323. The van der Waals surface area contributed by atoms with Crippen molar-refractivity contribution in [3.8, 4) is 28.1 Å². The van der Waals surface area contributed by atoms with Gasteiger partial charge in [0.15, 0.2) is 0 Å². The Morgan fingerprint density at radius 1 is 0.765 bits per heavy atom. The first-order valence-electron chi connectivity index (χ1n) is 12.4. The number of benzene rings is 3. The van der Waals surface area contributed by atoms with E-state index < -0.39 is 0 Å². The van der Waals surface area contributed by atoms with E-state index in [1.807, 2.05) is 12.3 Å². The van der Waals surface area contributed by atoms with Gasteiger partial charge in [-0.05, 0) is 46.6 Å². The van der Waals surface area contributed by atoms with E-state index in [0.29, 0.717) is 0 Å². The van der Waals surface area contributed by atoms with Gasteiger partial charge in [-0.25, -0.2) is 0 Å². The number of nitrogens with zero attached hydrogens (tertiary/aromatic N) is 1. The fourth-order valence-electron chi connectivity index (χ4n) is 4.31. The molecule has 1 radical (unpaired) electrons. The summed E-state index contributed by atoms with van der Waals surface area (Å²) in [7, 11) is 0. The molecule has 0 amide bonds. The minimum atomic E-state index is 0. The van der Waals surface area contributed by atoms with Crippen LogP contribution in [0.4, 0.5) is 0 Å². The van der Waals surface area contributed by atoms with Crippen molar-refractivity contribution >= 4 is 10.8 Å². The Hall–Kier alpha value is -2.48. The van der Waals surface area contributed by atoms with Crippen molar-refractivity contribution in [2.24, 2.45) is 0 Å². The van der Waals surface area contributed by atoms with Crippen molar-refractivity contribution in [2.75, 3.05) is 6.61 Å². The van der Waals surface area contributed by atoms with Crippen LogP contribution in [0.3, 0.4) is 0 Å². The zero-order valence-corrected chi connectivity index (χ0v) is 22.5. The van der Waals surface area contributed by atoms with Gasteiger partial charge in [0.05, 0.1) is 6.61 Å². The van der Waals surface area contributed by atoms with Gasteiger partial charge in [0.1, 0.15) is 5.75 Å². The molecule has 0 bridgehead atoms. The van der Waals surface area contributed by atoms with Gasteiger partial charge < -0.3 is 9.72 Å². The van der Waals surface area contributed by atoms with E-state index in [-0.39, 0.29) is 20.1 Å². The molecule has 3 heteroatoms. The molecule has 0 spiro atoms. The molecule has 4 rings (SSSR count). The number of rotatable bonds is 12. The summed E-state index contributed by atoms with van der Waals surface area (Å²) in [6.07, 6.45) is 12.4. The molecule has 34 heavy (non-hydrogen) atoms. The van der Waals surface area contributed by atoms with Crippen molar-refractivity contribution in [1.82, 2.24) is 4.98 Å². The third kappa shape index (κ3) is 7.26. The number of unbranched alkanes of at least 4 members (excludes halogenated alkanes) is 7. The van der Waals surface area contributed by atoms with Gasteiger partial charge in [0.25, 0.3) is 0 Å². The van der Waals surface area contributed by atoms with Crippen molar-refractivity contribution in [3.63, 3.8) is 0 Å². The van der Waals surface area contributed by atoms with E-state index in [1.54, 1.807) is 0 Å². The van der Waals surface area contributed by atoms with Gasteiger partial charge in [-0.2, -0.15) is 0 Å². The van der Waals surface area contributed by atoms with Gasteiger partial charge in [0.2, 0.25) is 0 Å². The van der Waals surface area contributed by atoms with Crippen LogP contribution < -0.4 is 4.74 Å². The fourth-order valence-corrected chi connectivity index (χ4v) is 4.31. The summed E-state index contributed by atoms with van der Waals surface area (Å²) in [4.78, 5) is 4.66. The third-order valence-corrected chi connectivity index (χ3v) is 6.16. The second-order valence-electron chi connectivity index (χ2n) is 8.72. The van der Waals surface area contributed by atoms with Crippen LogP contribution in [0, 0.1) is 6.07 Å². The van der Waals surface area contributed by atoms with E-state index >= 15 is 0 Å². The molecule has 4 aromatic rings. The first-order valence-corrected chi connectivity index (χ1v) is 12.4. The zero-order valence-electron chi connectivity index (χ0n) is 20.1. The van der Waals surface area contributed by atoms with Gasteiger partial charge in [-0.3, -0.25) is 0 Å². The maximum absolute atomic E-state index is 6.07. The summed E-state index contributed by atoms with van der Waals surface area (Å²) in [5, 5.41) is 2.34. The van der Waals surface area contributed by atoms with E-state index in [0.717, 1.165) is 46.5 Å². The maximum Gasteiger partial charge on any atom is 0.119 e. The number of aromatic nitrogens is 1. The molecule has 0 saturated heterocycles. The number of fused-ring (bicyclic) bond motifs is 1. The number of pyridine rings is 1. The topological polar surface area (TPSA) is 22.1 Å². The van der Waals surface area contributed by atoms with Gasteiger partial charge in [0, 0.05) is 26.3 Å². The second-order valence-corrected chi connectivity index (χ2v) is 8.72.